The van der Waals surface area contributed by atoms with Crippen molar-refractivity contribution in [2.24, 2.45) is 0 Å². The van der Waals surface area contributed by atoms with E-state index in [-0.39, 0.29) is 23.9 Å². The van der Waals surface area contributed by atoms with Crippen molar-refractivity contribution in [2.45, 2.75) is 33.5 Å². The molecule has 4 aromatic rings. The van der Waals surface area contributed by atoms with Crippen LogP contribution in [0.3, 0.4) is 0 Å². The highest BCUT2D eigenvalue weighted by Gasteiger charge is 2.21. The number of aryl methyl sites for hydroxylation is 2. The standard InChI is InChI=1S/C23H21ClFN5O2/c1-12-5-20(26)29-13(2)17(12)11-28-23(31)22-19(9-25)30-21(32-22)7-14-3-4-18-15(6-14)8-16(24)10-27-18/h3-6,8,10H,7,9,11H2,1-2H3,(H2,26,29)(H,28,31). The van der Waals surface area contributed by atoms with E-state index in [4.69, 9.17) is 21.8 Å². The van der Waals surface area contributed by atoms with Crippen molar-refractivity contribution in [2.75, 3.05) is 5.73 Å². The van der Waals surface area contributed by atoms with Gasteiger partial charge < -0.3 is 15.5 Å². The summed E-state index contributed by atoms with van der Waals surface area (Å²) in [7, 11) is 0. The molecule has 3 aromatic heterocycles. The molecule has 0 aliphatic rings. The Kier molecular flexibility index (Phi) is 6.05. The number of nitrogens with zero attached hydrogens (tertiary/aromatic N) is 3. The molecule has 0 bridgehead atoms. The largest absolute Gasteiger partial charge is 0.435 e. The topological polar surface area (TPSA) is 107 Å². The maximum absolute atomic E-state index is 13.5. The van der Waals surface area contributed by atoms with Gasteiger partial charge in [-0.05, 0) is 54.8 Å². The fourth-order valence-electron chi connectivity index (χ4n) is 3.59. The third-order valence-corrected chi connectivity index (χ3v) is 5.35. The van der Waals surface area contributed by atoms with Gasteiger partial charge in [0.05, 0.1) is 10.5 Å². The second-order valence-corrected chi connectivity index (χ2v) is 7.92. The van der Waals surface area contributed by atoms with Gasteiger partial charge in [-0.25, -0.2) is 14.4 Å². The molecule has 3 N–H and O–H groups in total. The van der Waals surface area contributed by atoms with E-state index >= 15 is 0 Å². The molecule has 0 aliphatic heterocycles. The third-order valence-electron chi connectivity index (χ3n) is 5.14. The molecule has 0 spiro atoms. The molecular formula is C23H21ClFN5O2. The van der Waals surface area contributed by atoms with E-state index in [1.807, 2.05) is 38.1 Å². The Hall–Kier alpha value is -3.52. The molecule has 0 radical (unpaired) electrons. The van der Waals surface area contributed by atoms with Crippen LogP contribution in [-0.4, -0.2) is 20.9 Å². The Labute approximate surface area is 188 Å². The molecule has 4 rings (SSSR count). The summed E-state index contributed by atoms with van der Waals surface area (Å²) in [6.07, 6.45) is 1.88. The number of amides is 1. The van der Waals surface area contributed by atoms with Crippen molar-refractivity contribution < 1.29 is 13.6 Å². The lowest BCUT2D eigenvalue weighted by molar-refractivity contribution is 0.0919. The average Bonchev–Trinajstić information content (AvgIpc) is 3.15. The maximum atomic E-state index is 13.5. The van der Waals surface area contributed by atoms with Gasteiger partial charge in [0.2, 0.25) is 5.76 Å². The number of anilines is 1. The van der Waals surface area contributed by atoms with Gasteiger partial charge in [0.25, 0.3) is 5.91 Å². The van der Waals surface area contributed by atoms with Gasteiger partial charge in [0, 0.05) is 30.2 Å². The molecule has 1 amide bonds. The number of rotatable bonds is 6. The van der Waals surface area contributed by atoms with Gasteiger partial charge in [0.1, 0.15) is 18.2 Å². The molecule has 7 nitrogen and oxygen atoms in total. The highest BCUT2D eigenvalue weighted by Crippen LogP contribution is 2.22. The Balaban J connectivity index is 1.52. The van der Waals surface area contributed by atoms with Crippen LogP contribution in [0.5, 0.6) is 0 Å². The lowest BCUT2D eigenvalue weighted by Gasteiger charge is -2.11. The summed E-state index contributed by atoms with van der Waals surface area (Å²) in [5.74, 6) is -0.00621. The van der Waals surface area contributed by atoms with Crippen molar-refractivity contribution in [3.05, 3.63) is 81.3 Å². The summed E-state index contributed by atoms with van der Waals surface area (Å²) in [5, 5.41) is 4.16. The average molecular weight is 454 g/mol. The zero-order chi connectivity index (χ0) is 22.8. The SMILES string of the molecule is Cc1cc(N)nc(C)c1CNC(=O)c1oc(Cc2ccc3ncc(Cl)cc3c2)nc1CF. The van der Waals surface area contributed by atoms with Crippen LogP contribution in [0.15, 0.2) is 40.9 Å². The molecule has 0 fully saturated rings. The summed E-state index contributed by atoms with van der Waals surface area (Å²) in [6, 6.07) is 9.19. The van der Waals surface area contributed by atoms with Gasteiger partial charge in [-0.2, -0.15) is 0 Å². The van der Waals surface area contributed by atoms with Crippen LogP contribution >= 0.6 is 11.6 Å². The van der Waals surface area contributed by atoms with Crippen molar-refractivity contribution in [1.29, 1.82) is 0 Å². The summed E-state index contributed by atoms with van der Waals surface area (Å²) < 4.78 is 19.2. The number of fused-ring (bicyclic) bond motifs is 1. The number of hydrogen-bond donors (Lipinski definition) is 2. The molecule has 3 heterocycles. The number of benzene rings is 1. The number of hydrogen-bond acceptors (Lipinski definition) is 6. The molecule has 0 aliphatic carbocycles. The number of carbonyl (C=O) groups is 1. The van der Waals surface area contributed by atoms with E-state index in [1.54, 1.807) is 12.3 Å². The van der Waals surface area contributed by atoms with Gasteiger partial charge in [0.15, 0.2) is 5.89 Å². The van der Waals surface area contributed by atoms with E-state index in [1.165, 1.54) is 0 Å². The fraction of sp³-hybridized carbons (Fsp3) is 0.217. The normalized spacial score (nSPS) is 11.1. The van der Waals surface area contributed by atoms with Crippen molar-refractivity contribution in [1.82, 2.24) is 20.3 Å². The Bertz CT molecular complexity index is 1300. The van der Waals surface area contributed by atoms with Crippen LogP contribution < -0.4 is 11.1 Å². The Morgan fingerprint density at radius 1 is 1.22 bits per heavy atom. The van der Waals surface area contributed by atoms with E-state index in [0.717, 1.165) is 33.3 Å². The lowest BCUT2D eigenvalue weighted by atomic mass is 10.1. The van der Waals surface area contributed by atoms with Crippen LogP contribution in [0, 0.1) is 13.8 Å². The minimum Gasteiger partial charge on any atom is -0.435 e. The predicted molar refractivity (Wildman–Crippen MR) is 120 cm³/mol. The molecule has 164 valence electrons. The number of oxazole rings is 1. The summed E-state index contributed by atoms with van der Waals surface area (Å²) in [6.45, 7) is 3.00. The Morgan fingerprint density at radius 2 is 2.03 bits per heavy atom. The number of pyridine rings is 2. The zero-order valence-corrected chi connectivity index (χ0v) is 18.3. The number of halogens is 2. The zero-order valence-electron chi connectivity index (χ0n) is 17.6. The maximum Gasteiger partial charge on any atom is 0.289 e. The first kappa shape index (κ1) is 21.7. The van der Waals surface area contributed by atoms with Crippen LogP contribution in [0.1, 0.15) is 44.5 Å². The predicted octanol–water partition coefficient (Wildman–Crippen LogP) is 4.46. The van der Waals surface area contributed by atoms with Crippen molar-refractivity contribution in [3.63, 3.8) is 0 Å². The second kappa shape index (κ2) is 8.92. The molecule has 0 saturated heterocycles. The minimum absolute atomic E-state index is 0.0353. The summed E-state index contributed by atoms with van der Waals surface area (Å²) >= 11 is 6.02. The van der Waals surface area contributed by atoms with Gasteiger partial charge >= 0.3 is 0 Å². The quantitative estimate of drug-likeness (QED) is 0.446. The van der Waals surface area contributed by atoms with E-state index in [2.05, 4.69) is 20.3 Å². The van der Waals surface area contributed by atoms with Gasteiger partial charge in [-0.15, -0.1) is 0 Å². The number of nitrogens with two attached hydrogens (primary N) is 1. The van der Waals surface area contributed by atoms with Crippen LogP contribution in [0.25, 0.3) is 10.9 Å². The summed E-state index contributed by atoms with van der Waals surface area (Å²) in [5.41, 5.74) is 9.86. The van der Waals surface area contributed by atoms with Gasteiger partial charge in [-0.1, -0.05) is 17.7 Å². The van der Waals surface area contributed by atoms with Crippen LogP contribution in [0.4, 0.5) is 10.2 Å². The van der Waals surface area contributed by atoms with E-state index in [0.29, 0.717) is 17.3 Å². The third kappa shape index (κ3) is 4.55. The molecule has 0 atom stereocenters. The smallest absolute Gasteiger partial charge is 0.289 e. The first-order valence-corrected chi connectivity index (χ1v) is 10.3. The molecular weight excluding hydrogens is 433 g/mol. The number of alkyl halides is 1. The van der Waals surface area contributed by atoms with E-state index < -0.39 is 12.6 Å². The lowest BCUT2D eigenvalue weighted by Crippen LogP contribution is -2.24. The highest BCUT2D eigenvalue weighted by molar-refractivity contribution is 6.31. The number of carbonyl (C=O) groups excluding carboxylic acids is 1. The van der Waals surface area contributed by atoms with Crippen molar-refractivity contribution in [3.8, 4) is 0 Å². The Morgan fingerprint density at radius 3 is 2.78 bits per heavy atom. The number of aromatic nitrogens is 3. The molecule has 0 unspecified atom stereocenters. The first-order valence-electron chi connectivity index (χ1n) is 9.93. The van der Waals surface area contributed by atoms with Crippen LogP contribution in [-0.2, 0) is 19.6 Å². The molecule has 9 heteroatoms. The first-order chi connectivity index (χ1) is 15.3. The molecule has 1 aromatic carbocycles. The molecule has 32 heavy (non-hydrogen) atoms. The monoisotopic (exact) mass is 453 g/mol. The fourth-order valence-corrected chi connectivity index (χ4v) is 3.75. The van der Waals surface area contributed by atoms with Crippen LogP contribution in [0.2, 0.25) is 5.02 Å². The number of nitrogens with one attached hydrogen (secondary N) is 1. The summed E-state index contributed by atoms with van der Waals surface area (Å²) in [4.78, 5) is 25.3. The molecule has 0 saturated carbocycles. The minimum atomic E-state index is -0.912. The number of nitrogen functional groups attached to an aromatic ring is 1. The highest BCUT2D eigenvalue weighted by atomic mass is 35.5. The second-order valence-electron chi connectivity index (χ2n) is 7.49. The van der Waals surface area contributed by atoms with Gasteiger partial charge in [-0.3, -0.25) is 9.78 Å². The van der Waals surface area contributed by atoms with E-state index in [9.17, 15) is 9.18 Å². The van der Waals surface area contributed by atoms with Crippen molar-refractivity contribution >= 4 is 34.2 Å².